The minimum atomic E-state index is -0.833. The largest absolute Gasteiger partial charge is 0.478 e. The van der Waals surface area contributed by atoms with Crippen molar-refractivity contribution in [1.82, 2.24) is 9.80 Å². The molecule has 0 bridgehead atoms. The van der Waals surface area contributed by atoms with Crippen molar-refractivity contribution in [2.75, 3.05) is 32.7 Å². The second-order valence-electron chi connectivity index (χ2n) is 5.08. The van der Waals surface area contributed by atoms with Gasteiger partial charge in [-0.3, -0.25) is 4.90 Å². The summed E-state index contributed by atoms with van der Waals surface area (Å²) in [5.74, 6) is -0.833. The maximum absolute atomic E-state index is 11.2. The molecule has 1 fully saturated rings. The molecule has 2 rings (SSSR count). The Morgan fingerprint density at radius 1 is 1.16 bits per heavy atom. The number of hydrogen-bond acceptors (Lipinski definition) is 3. The van der Waals surface area contributed by atoms with Crippen LogP contribution in [-0.2, 0) is 6.54 Å². The summed E-state index contributed by atoms with van der Waals surface area (Å²) in [6.07, 6.45) is 1.20. The molecule has 0 aliphatic carbocycles. The molecule has 1 aromatic rings. The number of carbonyl (C=O) groups is 1. The highest BCUT2D eigenvalue weighted by molar-refractivity contribution is 5.89. The fraction of sp³-hybridized carbons (Fsp3) is 0.533. The Labute approximate surface area is 114 Å². The van der Waals surface area contributed by atoms with Gasteiger partial charge in [0, 0.05) is 32.7 Å². The van der Waals surface area contributed by atoms with E-state index in [2.05, 4.69) is 16.7 Å². The van der Waals surface area contributed by atoms with Gasteiger partial charge in [-0.2, -0.15) is 0 Å². The quantitative estimate of drug-likeness (QED) is 0.880. The highest BCUT2D eigenvalue weighted by Crippen LogP contribution is 2.13. The number of carboxylic acids is 1. The van der Waals surface area contributed by atoms with Crippen LogP contribution < -0.4 is 0 Å². The predicted octanol–water partition coefficient (Wildman–Crippen LogP) is 1.91. The highest BCUT2D eigenvalue weighted by Gasteiger charge is 2.18. The zero-order valence-electron chi connectivity index (χ0n) is 11.5. The molecule has 1 aliphatic rings. The highest BCUT2D eigenvalue weighted by atomic mass is 16.4. The van der Waals surface area contributed by atoms with Gasteiger partial charge in [-0.05, 0) is 24.6 Å². The minimum Gasteiger partial charge on any atom is -0.478 e. The Bertz CT molecular complexity index is 426. The molecule has 0 saturated carbocycles. The van der Waals surface area contributed by atoms with Crippen molar-refractivity contribution in [3.63, 3.8) is 0 Å². The Morgan fingerprint density at radius 3 is 2.42 bits per heavy atom. The van der Waals surface area contributed by atoms with E-state index < -0.39 is 5.97 Å². The minimum absolute atomic E-state index is 0.429. The first-order valence-corrected chi connectivity index (χ1v) is 6.96. The standard InChI is InChI=1S/C15H22N2O2/c1-2-7-16-8-10-17(11-9-16)12-13-5-3-4-6-14(13)15(18)19/h3-6H,2,7-12H2,1H3,(H,18,19). The van der Waals surface area contributed by atoms with E-state index >= 15 is 0 Å². The normalized spacial score (nSPS) is 17.5. The molecule has 1 aliphatic heterocycles. The van der Waals surface area contributed by atoms with Gasteiger partial charge in [0.25, 0.3) is 0 Å². The molecule has 0 amide bonds. The van der Waals surface area contributed by atoms with E-state index in [0.29, 0.717) is 5.56 Å². The van der Waals surface area contributed by atoms with Crippen LogP contribution in [0.4, 0.5) is 0 Å². The molecule has 1 saturated heterocycles. The molecule has 19 heavy (non-hydrogen) atoms. The second kappa shape index (κ2) is 6.68. The van der Waals surface area contributed by atoms with Gasteiger partial charge in [-0.15, -0.1) is 0 Å². The maximum Gasteiger partial charge on any atom is 0.336 e. The molecule has 0 aromatic heterocycles. The summed E-state index contributed by atoms with van der Waals surface area (Å²) in [5, 5.41) is 9.18. The first kappa shape index (κ1) is 14.0. The van der Waals surface area contributed by atoms with Crippen molar-refractivity contribution in [3.05, 3.63) is 35.4 Å². The zero-order valence-corrected chi connectivity index (χ0v) is 11.5. The van der Waals surface area contributed by atoms with Crippen molar-refractivity contribution in [2.45, 2.75) is 19.9 Å². The van der Waals surface area contributed by atoms with Crippen LogP contribution in [0.5, 0.6) is 0 Å². The third-order valence-corrected chi connectivity index (χ3v) is 3.65. The zero-order chi connectivity index (χ0) is 13.7. The van der Waals surface area contributed by atoms with Gasteiger partial charge < -0.3 is 10.0 Å². The van der Waals surface area contributed by atoms with Gasteiger partial charge in [-0.25, -0.2) is 4.79 Å². The van der Waals surface area contributed by atoms with Gasteiger partial charge in [0.05, 0.1) is 5.56 Å². The van der Waals surface area contributed by atoms with Crippen molar-refractivity contribution >= 4 is 5.97 Å². The molecule has 4 nitrogen and oxygen atoms in total. The number of aromatic carboxylic acids is 1. The molecule has 0 spiro atoms. The molecule has 0 unspecified atom stereocenters. The average Bonchev–Trinajstić information content (AvgIpc) is 2.42. The van der Waals surface area contributed by atoms with Crippen molar-refractivity contribution in [3.8, 4) is 0 Å². The Morgan fingerprint density at radius 2 is 1.79 bits per heavy atom. The molecular weight excluding hydrogens is 240 g/mol. The molecule has 104 valence electrons. The summed E-state index contributed by atoms with van der Waals surface area (Å²) < 4.78 is 0. The van der Waals surface area contributed by atoms with Crippen LogP contribution in [0.25, 0.3) is 0 Å². The number of hydrogen-bond donors (Lipinski definition) is 1. The van der Waals surface area contributed by atoms with Crippen molar-refractivity contribution in [2.24, 2.45) is 0 Å². The first-order chi connectivity index (χ1) is 9.20. The van der Waals surface area contributed by atoms with E-state index in [4.69, 9.17) is 0 Å². The van der Waals surface area contributed by atoms with E-state index in [-0.39, 0.29) is 0 Å². The Balaban J connectivity index is 1.94. The van der Waals surface area contributed by atoms with Gasteiger partial charge in [0.15, 0.2) is 0 Å². The van der Waals surface area contributed by atoms with E-state index in [1.807, 2.05) is 12.1 Å². The summed E-state index contributed by atoms with van der Waals surface area (Å²) in [5.41, 5.74) is 1.34. The van der Waals surface area contributed by atoms with E-state index in [1.54, 1.807) is 12.1 Å². The molecule has 1 N–H and O–H groups in total. The maximum atomic E-state index is 11.2. The molecule has 0 radical (unpaired) electrons. The number of rotatable bonds is 5. The third kappa shape index (κ3) is 3.78. The lowest BCUT2D eigenvalue weighted by molar-refractivity contribution is 0.0693. The Hall–Kier alpha value is -1.39. The fourth-order valence-electron chi connectivity index (χ4n) is 2.59. The molecule has 1 aromatic carbocycles. The summed E-state index contributed by atoms with van der Waals surface area (Å²) in [6, 6.07) is 7.30. The Kier molecular flexibility index (Phi) is 4.93. The number of benzene rings is 1. The summed E-state index contributed by atoms with van der Waals surface area (Å²) >= 11 is 0. The lowest BCUT2D eigenvalue weighted by Gasteiger charge is -2.34. The average molecular weight is 262 g/mol. The topological polar surface area (TPSA) is 43.8 Å². The van der Waals surface area contributed by atoms with Crippen LogP contribution in [0, 0.1) is 0 Å². The molecular formula is C15H22N2O2. The SMILES string of the molecule is CCCN1CCN(Cc2ccccc2C(=O)O)CC1. The molecule has 0 atom stereocenters. The monoisotopic (exact) mass is 262 g/mol. The van der Waals surface area contributed by atoms with Gasteiger partial charge in [0.1, 0.15) is 0 Å². The van der Waals surface area contributed by atoms with Crippen molar-refractivity contribution in [1.29, 1.82) is 0 Å². The van der Waals surface area contributed by atoms with Gasteiger partial charge >= 0.3 is 5.97 Å². The van der Waals surface area contributed by atoms with Crippen LogP contribution in [0.15, 0.2) is 24.3 Å². The number of nitrogens with zero attached hydrogens (tertiary/aromatic N) is 2. The molecule has 4 heteroatoms. The summed E-state index contributed by atoms with van der Waals surface area (Å²) in [7, 11) is 0. The van der Waals surface area contributed by atoms with Crippen LogP contribution >= 0.6 is 0 Å². The first-order valence-electron chi connectivity index (χ1n) is 6.96. The second-order valence-corrected chi connectivity index (χ2v) is 5.08. The number of carboxylic acid groups (broad SMARTS) is 1. The smallest absolute Gasteiger partial charge is 0.336 e. The van der Waals surface area contributed by atoms with Crippen LogP contribution in [0.3, 0.4) is 0 Å². The van der Waals surface area contributed by atoms with Crippen LogP contribution in [0.1, 0.15) is 29.3 Å². The fourth-order valence-corrected chi connectivity index (χ4v) is 2.59. The third-order valence-electron chi connectivity index (χ3n) is 3.65. The van der Waals surface area contributed by atoms with Gasteiger partial charge in [0.2, 0.25) is 0 Å². The van der Waals surface area contributed by atoms with Crippen molar-refractivity contribution < 1.29 is 9.90 Å². The van der Waals surface area contributed by atoms with E-state index in [1.165, 1.54) is 13.0 Å². The lowest BCUT2D eigenvalue weighted by atomic mass is 10.1. The summed E-state index contributed by atoms with van der Waals surface area (Å²) in [4.78, 5) is 16.0. The molecule has 1 heterocycles. The van der Waals surface area contributed by atoms with Crippen LogP contribution in [0.2, 0.25) is 0 Å². The van der Waals surface area contributed by atoms with Gasteiger partial charge in [-0.1, -0.05) is 25.1 Å². The predicted molar refractivity (Wildman–Crippen MR) is 75.4 cm³/mol. The van der Waals surface area contributed by atoms with E-state index in [9.17, 15) is 9.90 Å². The van der Waals surface area contributed by atoms with Crippen LogP contribution in [-0.4, -0.2) is 53.6 Å². The summed E-state index contributed by atoms with van der Waals surface area (Å²) in [6.45, 7) is 8.32. The lowest BCUT2D eigenvalue weighted by Crippen LogP contribution is -2.46. The number of piperazine rings is 1. The van der Waals surface area contributed by atoms with E-state index in [0.717, 1.165) is 38.3 Å².